The third-order valence-electron chi connectivity index (χ3n) is 4.31. The normalized spacial score (nSPS) is 11.1. The molecule has 0 saturated carbocycles. The van der Waals surface area contributed by atoms with Gasteiger partial charge in [0, 0.05) is 12.3 Å². The Balaban J connectivity index is 2.25. The van der Waals surface area contributed by atoms with Crippen molar-refractivity contribution in [2.45, 2.75) is 18.4 Å². The molecule has 0 atom stereocenters. The van der Waals surface area contributed by atoms with E-state index in [-0.39, 0.29) is 40.0 Å². The summed E-state index contributed by atoms with van der Waals surface area (Å²) < 4.78 is 27.9. The maximum absolute atomic E-state index is 13.4. The molecule has 1 aromatic heterocycles. The van der Waals surface area contributed by atoms with Gasteiger partial charge in [-0.2, -0.15) is 0 Å². The van der Waals surface area contributed by atoms with Gasteiger partial charge in [-0.1, -0.05) is 35.7 Å². The second-order valence-electron chi connectivity index (χ2n) is 6.41. The van der Waals surface area contributed by atoms with Crippen molar-refractivity contribution in [3.05, 3.63) is 64.8 Å². The van der Waals surface area contributed by atoms with E-state index < -0.39 is 15.9 Å². The highest BCUT2D eigenvalue weighted by Gasteiger charge is 2.24. The van der Waals surface area contributed by atoms with Gasteiger partial charge >= 0.3 is 0 Å². The lowest BCUT2D eigenvalue weighted by molar-refractivity contribution is -0.119. The smallest absolute Gasteiger partial charge is 0.268 e. The molecule has 0 unspecified atom stereocenters. The van der Waals surface area contributed by atoms with Crippen LogP contribution in [0.25, 0.3) is 10.9 Å². The molecule has 0 fully saturated rings. The van der Waals surface area contributed by atoms with Gasteiger partial charge in [-0.3, -0.25) is 9.59 Å². The second-order valence-corrected chi connectivity index (χ2v) is 8.60. The number of rotatable bonds is 6. The lowest BCUT2D eigenvalue weighted by Gasteiger charge is -2.13. The largest absolute Gasteiger partial charge is 0.351 e. The molecule has 3 rings (SSSR count). The van der Waals surface area contributed by atoms with Crippen LogP contribution in [0.5, 0.6) is 0 Å². The fraction of sp³-hybridized carbons (Fsp3) is 0.143. The number of carbonyl (C=O) groups excluding carboxylic acids is 2. The van der Waals surface area contributed by atoms with Crippen molar-refractivity contribution in [1.82, 2.24) is 14.6 Å². The van der Waals surface area contributed by atoms with Gasteiger partial charge in [-0.15, -0.1) is 6.42 Å². The summed E-state index contributed by atoms with van der Waals surface area (Å²) in [6.45, 7) is 1.32. The van der Waals surface area contributed by atoms with Gasteiger partial charge in [0.25, 0.3) is 15.9 Å². The lowest BCUT2D eigenvalue weighted by atomic mass is 10.1. The van der Waals surface area contributed by atoms with Crippen molar-refractivity contribution >= 4 is 44.3 Å². The number of fused-ring (bicyclic) bond motifs is 1. The third kappa shape index (κ3) is 4.17. The van der Waals surface area contributed by atoms with Crippen LogP contribution in [0, 0.1) is 12.3 Å². The zero-order valence-electron chi connectivity index (χ0n) is 16.0. The van der Waals surface area contributed by atoms with Crippen LogP contribution >= 0.6 is 11.6 Å². The monoisotopic (exact) mass is 443 g/mol. The lowest BCUT2D eigenvalue weighted by Crippen LogP contribution is -2.25. The molecule has 1 heterocycles. The molecule has 0 aliphatic rings. The Morgan fingerprint density at radius 2 is 1.83 bits per heavy atom. The molecule has 154 valence electrons. The Hall–Kier alpha value is -3.28. The molecular weight excluding hydrogens is 426 g/mol. The predicted molar refractivity (Wildman–Crippen MR) is 115 cm³/mol. The maximum atomic E-state index is 13.4. The van der Waals surface area contributed by atoms with Crippen LogP contribution in [-0.4, -0.2) is 30.7 Å². The molecule has 0 bridgehead atoms. The summed E-state index contributed by atoms with van der Waals surface area (Å²) in [5.74, 6) is 1.47. The molecule has 0 spiro atoms. The van der Waals surface area contributed by atoms with Crippen molar-refractivity contribution in [2.24, 2.45) is 0 Å². The second kappa shape index (κ2) is 8.61. The Morgan fingerprint density at radius 1 is 1.13 bits per heavy atom. The summed E-state index contributed by atoms with van der Waals surface area (Å²) >= 11 is 6.26. The topological polar surface area (TPSA) is 97.3 Å². The Kier molecular flexibility index (Phi) is 6.15. The molecule has 0 aliphatic heterocycles. The first-order valence-electron chi connectivity index (χ1n) is 8.86. The predicted octanol–water partition coefficient (Wildman–Crippen LogP) is 2.53. The van der Waals surface area contributed by atoms with Crippen molar-refractivity contribution in [1.29, 1.82) is 0 Å². The molecule has 0 aliphatic carbocycles. The molecule has 9 heteroatoms. The van der Waals surface area contributed by atoms with Gasteiger partial charge in [0.05, 0.1) is 39.8 Å². The van der Waals surface area contributed by atoms with Crippen LogP contribution in [0.2, 0.25) is 5.02 Å². The van der Waals surface area contributed by atoms with E-state index in [9.17, 15) is 18.0 Å². The summed E-state index contributed by atoms with van der Waals surface area (Å²) in [6.07, 6.45) is 5.17. The van der Waals surface area contributed by atoms with Crippen LogP contribution in [0.4, 0.5) is 0 Å². The van der Waals surface area contributed by atoms with Gasteiger partial charge in [0.15, 0.2) is 0 Å². The third-order valence-corrected chi connectivity index (χ3v) is 6.41. The zero-order chi connectivity index (χ0) is 21.9. The number of hydrogen-bond acceptors (Lipinski definition) is 4. The van der Waals surface area contributed by atoms with Crippen LogP contribution in [-0.2, 0) is 21.4 Å². The number of amides is 2. The summed E-state index contributed by atoms with van der Waals surface area (Å²) in [6, 6.07) is 12.4. The number of nitrogens with zero attached hydrogens (tertiary/aromatic N) is 1. The summed E-state index contributed by atoms with van der Waals surface area (Å²) in [4.78, 5) is 23.9. The van der Waals surface area contributed by atoms with Crippen LogP contribution in [0.15, 0.2) is 53.4 Å². The minimum atomic E-state index is -4.01. The Bertz CT molecular complexity index is 1280. The van der Waals surface area contributed by atoms with E-state index in [1.54, 1.807) is 24.3 Å². The van der Waals surface area contributed by atoms with E-state index in [0.717, 1.165) is 3.97 Å². The number of aromatic nitrogens is 1. The molecule has 2 aromatic carbocycles. The van der Waals surface area contributed by atoms with E-state index in [4.69, 9.17) is 18.0 Å². The highest BCUT2D eigenvalue weighted by molar-refractivity contribution is 7.90. The number of nitrogens with one attached hydrogen (secondary N) is 2. The minimum Gasteiger partial charge on any atom is -0.351 e. The number of hydrogen-bond donors (Lipinski definition) is 2. The SMILES string of the molecule is C#CCNC(=O)c1cc2c(cc1Cl)cc(CNC(C)=O)n2S(=O)(=O)c1ccccc1. The zero-order valence-corrected chi connectivity index (χ0v) is 17.5. The molecule has 2 N–H and O–H groups in total. The van der Waals surface area contributed by atoms with Crippen LogP contribution in [0.3, 0.4) is 0 Å². The van der Waals surface area contributed by atoms with Gasteiger partial charge in [-0.05, 0) is 30.3 Å². The van der Waals surface area contributed by atoms with E-state index in [1.165, 1.54) is 31.2 Å². The van der Waals surface area contributed by atoms with Gasteiger partial charge in [-0.25, -0.2) is 12.4 Å². The van der Waals surface area contributed by atoms with E-state index in [0.29, 0.717) is 11.1 Å². The molecule has 0 radical (unpaired) electrons. The first-order valence-corrected chi connectivity index (χ1v) is 10.7. The van der Waals surface area contributed by atoms with E-state index >= 15 is 0 Å². The van der Waals surface area contributed by atoms with Gasteiger partial charge in [0.2, 0.25) is 5.91 Å². The van der Waals surface area contributed by atoms with E-state index in [2.05, 4.69) is 16.6 Å². The molecule has 7 nitrogen and oxygen atoms in total. The molecule has 0 saturated heterocycles. The maximum Gasteiger partial charge on any atom is 0.268 e. The fourth-order valence-corrected chi connectivity index (χ4v) is 4.79. The number of carbonyl (C=O) groups is 2. The molecular formula is C21H18ClN3O4S. The average molecular weight is 444 g/mol. The molecule has 30 heavy (non-hydrogen) atoms. The van der Waals surface area contributed by atoms with Crippen molar-refractivity contribution in [3.8, 4) is 12.3 Å². The number of benzene rings is 2. The molecule has 2 amide bonds. The molecule has 3 aromatic rings. The van der Waals surface area contributed by atoms with Crippen molar-refractivity contribution < 1.29 is 18.0 Å². The number of terminal acetylenes is 1. The standard InChI is InChI=1S/C21H18ClN3O4S/c1-3-9-23-21(27)18-12-20-15(11-19(18)22)10-16(13-24-14(2)26)25(20)30(28,29)17-7-5-4-6-8-17/h1,4-8,10-12H,9,13H2,2H3,(H,23,27)(H,24,26). The summed E-state index contributed by atoms with van der Waals surface area (Å²) in [7, 11) is -4.01. The summed E-state index contributed by atoms with van der Waals surface area (Å²) in [5, 5.41) is 5.78. The van der Waals surface area contributed by atoms with Gasteiger partial charge < -0.3 is 10.6 Å². The first kappa shape index (κ1) is 21.4. The van der Waals surface area contributed by atoms with Crippen LogP contribution in [0.1, 0.15) is 23.0 Å². The Labute approximate surface area is 179 Å². The van der Waals surface area contributed by atoms with Crippen LogP contribution < -0.4 is 10.6 Å². The number of halogens is 1. The quantitative estimate of drug-likeness (QED) is 0.572. The van der Waals surface area contributed by atoms with Crippen molar-refractivity contribution in [3.63, 3.8) is 0 Å². The van der Waals surface area contributed by atoms with Gasteiger partial charge in [0.1, 0.15) is 0 Å². The van der Waals surface area contributed by atoms with E-state index in [1.807, 2.05) is 0 Å². The highest BCUT2D eigenvalue weighted by Crippen LogP contribution is 2.30. The summed E-state index contributed by atoms with van der Waals surface area (Å²) in [5.41, 5.74) is 0.670. The highest BCUT2D eigenvalue weighted by atomic mass is 35.5. The Morgan fingerprint density at radius 3 is 2.47 bits per heavy atom. The average Bonchev–Trinajstić information content (AvgIpc) is 3.08. The van der Waals surface area contributed by atoms with Crippen molar-refractivity contribution in [2.75, 3.05) is 6.54 Å². The fourth-order valence-electron chi connectivity index (χ4n) is 2.98. The minimum absolute atomic E-state index is 0.00427. The first-order chi connectivity index (χ1) is 14.3.